The van der Waals surface area contributed by atoms with Crippen molar-refractivity contribution in [1.29, 1.82) is 0 Å². The molecule has 0 atom stereocenters. The molecule has 0 fully saturated rings. The molecule has 1 aromatic heterocycles. The minimum atomic E-state index is -1.50. The smallest absolute Gasteiger partial charge is 0.423 e. The lowest BCUT2D eigenvalue weighted by molar-refractivity contribution is 0.426. The zero-order chi connectivity index (χ0) is 23.8. The molecule has 5 aromatic carbocycles. The molecule has 35 heavy (non-hydrogen) atoms. The van der Waals surface area contributed by atoms with E-state index in [0.29, 0.717) is 5.46 Å². The van der Waals surface area contributed by atoms with Gasteiger partial charge in [0.15, 0.2) is 0 Å². The number of para-hydroxylation sites is 1. The van der Waals surface area contributed by atoms with E-state index < -0.39 is 7.12 Å². The lowest BCUT2D eigenvalue weighted by atomic mass is 9.80. The monoisotopic (exact) mass is 471 g/mol. The van der Waals surface area contributed by atoms with Gasteiger partial charge in [-0.1, -0.05) is 91.0 Å². The van der Waals surface area contributed by atoms with E-state index in [9.17, 15) is 10.0 Å². The van der Waals surface area contributed by atoms with Gasteiger partial charge in [0, 0.05) is 26.7 Å². The lowest BCUT2D eigenvalue weighted by Gasteiger charge is -2.28. The summed E-state index contributed by atoms with van der Waals surface area (Å²) in [5, 5.41) is 21.8. The zero-order valence-corrected chi connectivity index (χ0v) is 19.7. The van der Waals surface area contributed by atoms with E-state index in [4.69, 9.17) is 0 Å². The van der Waals surface area contributed by atoms with Crippen LogP contribution in [0.2, 0.25) is 0 Å². The maximum atomic E-state index is 9.65. The Morgan fingerprint density at radius 1 is 0.571 bits per heavy atom. The quantitative estimate of drug-likeness (QED) is 0.270. The van der Waals surface area contributed by atoms with E-state index in [0.717, 1.165) is 28.2 Å². The highest BCUT2D eigenvalue weighted by atomic mass is 32.1. The Hall–Kier alpha value is -3.90. The fraction of sp³-hybridized carbons (Fsp3) is 0. The number of nitrogens with zero attached hydrogens (tertiary/aromatic N) is 1. The summed E-state index contributed by atoms with van der Waals surface area (Å²) < 4.78 is 2.47. The highest BCUT2D eigenvalue weighted by Gasteiger charge is 2.21. The van der Waals surface area contributed by atoms with Crippen LogP contribution in [0.3, 0.4) is 0 Å². The summed E-state index contributed by atoms with van der Waals surface area (Å²) in [5.74, 6) is 0. The van der Waals surface area contributed by atoms with Gasteiger partial charge in [-0.15, -0.1) is 11.3 Å². The number of fused-ring (bicyclic) bond motifs is 3. The first-order valence-corrected chi connectivity index (χ1v) is 12.3. The Morgan fingerprint density at radius 3 is 2.03 bits per heavy atom. The van der Waals surface area contributed by atoms with E-state index in [1.807, 2.05) is 18.2 Å². The first kappa shape index (κ1) is 21.6. The standard InChI is InChI=1S/C30H22BNO2S/c33-31(34)22-17-19-23(20-18-22)32(27-14-6-4-11-24(27)21-9-2-1-3-10-21)28-15-8-13-26-25-12-5-7-16-29(25)35-30(26)28/h1-20,33-34H. The van der Waals surface area contributed by atoms with Gasteiger partial charge in [0.05, 0.1) is 16.1 Å². The van der Waals surface area contributed by atoms with E-state index >= 15 is 0 Å². The molecule has 3 nitrogen and oxygen atoms in total. The van der Waals surface area contributed by atoms with Crippen molar-refractivity contribution in [2.24, 2.45) is 0 Å². The maximum Gasteiger partial charge on any atom is 0.488 e. The van der Waals surface area contributed by atoms with Gasteiger partial charge in [0.1, 0.15) is 0 Å². The van der Waals surface area contributed by atoms with Crippen LogP contribution in [-0.4, -0.2) is 17.2 Å². The van der Waals surface area contributed by atoms with Crippen LogP contribution in [0.15, 0.2) is 121 Å². The Labute approximate surface area is 208 Å². The molecule has 0 aliphatic rings. The van der Waals surface area contributed by atoms with E-state index in [1.54, 1.807) is 23.5 Å². The van der Waals surface area contributed by atoms with Crippen molar-refractivity contribution in [3.05, 3.63) is 121 Å². The minimum Gasteiger partial charge on any atom is -0.423 e. The largest absolute Gasteiger partial charge is 0.488 e. The number of hydrogen-bond donors (Lipinski definition) is 2. The third kappa shape index (κ3) is 3.90. The lowest BCUT2D eigenvalue weighted by Crippen LogP contribution is -2.29. The normalized spacial score (nSPS) is 11.1. The highest BCUT2D eigenvalue weighted by Crippen LogP contribution is 2.46. The molecule has 0 unspecified atom stereocenters. The van der Waals surface area contributed by atoms with Crippen molar-refractivity contribution in [2.75, 3.05) is 4.90 Å². The first-order chi connectivity index (χ1) is 17.2. The molecule has 6 rings (SSSR count). The van der Waals surface area contributed by atoms with Gasteiger partial charge < -0.3 is 14.9 Å². The second-order valence-electron chi connectivity index (χ2n) is 8.44. The van der Waals surface area contributed by atoms with E-state index in [2.05, 4.69) is 95.9 Å². The molecular weight excluding hydrogens is 449 g/mol. The molecule has 6 aromatic rings. The van der Waals surface area contributed by atoms with Crippen LogP contribution in [0.5, 0.6) is 0 Å². The summed E-state index contributed by atoms with van der Waals surface area (Å²) in [7, 11) is -1.50. The van der Waals surface area contributed by atoms with Crippen LogP contribution in [0.1, 0.15) is 0 Å². The van der Waals surface area contributed by atoms with Crippen LogP contribution in [-0.2, 0) is 0 Å². The molecule has 1 heterocycles. The van der Waals surface area contributed by atoms with E-state index in [1.165, 1.54) is 20.2 Å². The van der Waals surface area contributed by atoms with Gasteiger partial charge in [0.2, 0.25) is 0 Å². The van der Waals surface area contributed by atoms with Crippen LogP contribution in [0.4, 0.5) is 17.1 Å². The van der Waals surface area contributed by atoms with Gasteiger partial charge in [-0.25, -0.2) is 0 Å². The highest BCUT2D eigenvalue weighted by molar-refractivity contribution is 7.26. The molecule has 0 aliphatic heterocycles. The first-order valence-electron chi connectivity index (χ1n) is 11.5. The molecule has 0 bridgehead atoms. The molecule has 168 valence electrons. The molecule has 5 heteroatoms. The number of rotatable bonds is 5. The van der Waals surface area contributed by atoms with Gasteiger partial charge in [0.25, 0.3) is 0 Å². The van der Waals surface area contributed by atoms with Gasteiger partial charge in [-0.2, -0.15) is 0 Å². The molecule has 2 N–H and O–H groups in total. The number of hydrogen-bond acceptors (Lipinski definition) is 4. The summed E-state index contributed by atoms with van der Waals surface area (Å²) in [5.41, 5.74) is 5.81. The topological polar surface area (TPSA) is 43.7 Å². The Bertz CT molecular complexity index is 1630. The Balaban J connectivity index is 1.64. The second-order valence-corrected chi connectivity index (χ2v) is 9.49. The summed E-state index contributed by atoms with van der Waals surface area (Å²) in [6, 6.07) is 41.2. The second kappa shape index (κ2) is 9.04. The average molecular weight is 471 g/mol. The van der Waals surface area contributed by atoms with Crippen molar-refractivity contribution in [1.82, 2.24) is 0 Å². The maximum absolute atomic E-state index is 9.65. The van der Waals surface area contributed by atoms with Crippen molar-refractivity contribution < 1.29 is 10.0 Å². The molecule has 0 amide bonds. The van der Waals surface area contributed by atoms with Crippen LogP contribution < -0.4 is 10.4 Å². The molecule has 0 saturated carbocycles. The van der Waals surface area contributed by atoms with Crippen LogP contribution in [0.25, 0.3) is 31.3 Å². The average Bonchev–Trinajstić information content (AvgIpc) is 3.30. The molecular formula is C30H22BNO2S. The van der Waals surface area contributed by atoms with Gasteiger partial charge in [-0.05, 0) is 41.4 Å². The summed E-state index contributed by atoms with van der Waals surface area (Å²) in [6.07, 6.45) is 0. The Kier molecular flexibility index (Phi) is 5.59. The van der Waals surface area contributed by atoms with Crippen molar-refractivity contribution in [2.45, 2.75) is 0 Å². The molecule has 0 aliphatic carbocycles. The zero-order valence-electron chi connectivity index (χ0n) is 18.9. The van der Waals surface area contributed by atoms with Crippen LogP contribution in [0, 0.1) is 0 Å². The summed E-state index contributed by atoms with van der Waals surface area (Å²) in [6.45, 7) is 0. The third-order valence-electron chi connectivity index (χ3n) is 6.30. The van der Waals surface area contributed by atoms with E-state index in [-0.39, 0.29) is 0 Å². The number of thiophene rings is 1. The minimum absolute atomic E-state index is 0.463. The van der Waals surface area contributed by atoms with Crippen LogP contribution >= 0.6 is 11.3 Å². The molecule has 0 saturated heterocycles. The Morgan fingerprint density at radius 2 is 1.23 bits per heavy atom. The van der Waals surface area contributed by atoms with Gasteiger partial charge in [-0.3, -0.25) is 0 Å². The van der Waals surface area contributed by atoms with Crippen molar-refractivity contribution in [3.63, 3.8) is 0 Å². The summed E-state index contributed by atoms with van der Waals surface area (Å²) in [4.78, 5) is 2.27. The summed E-state index contributed by atoms with van der Waals surface area (Å²) >= 11 is 1.79. The number of benzene rings is 5. The molecule has 0 radical (unpaired) electrons. The predicted octanol–water partition coefficient (Wildman–Crippen LogP) is 6.87. The third-order valence-corrected chi connectivity index (χ3v) is 7.51. The molecule has 0 spiro atoms. The number of anilines is 3. The fourth-order valence-electron chi connectivity index (χ4n) is 4.64. The SMILES string of the molecule is OB(O)c1ccc(N(c2ccccc2-c2ccccc2)c2cccc3c2sc2ccccc23)cc1. The van der Waals surface area contributed by atoms with Crippen molar-refractivity contribution >= 4 is 61.2 Å². The van der Waals surface area contributed by atoms with Gasteiger partial charge >= 0.3 is 7.12 Å². The predicted molar refractivity (Wildman–Crippen MR) is 149 cm³/mol. The fourth-order valence-corrected chi connectivity index (χ4v) is 5.85. The van der Waals surface area contributed by atoms with Crippen molar-refractivity contribution in [3.8, 4) is 11.1 Å².